The van der Waals surface area contributed by atoms with Crippen molar-refractivity contribution in [3.63, 3.8) is 0 Å². The van der Waals surface area contributed by atoms with Crippen LogP contribution in [0.15, 0.2) is 47.4 Å². The Hall–Kier alpha value is -3.23. The first-order valence-corrected chi connectivity index (χ1v) is 8.59. The van der Waals surface area contributed by atoms with Gasteiger partial charge in [-0.3, -0.25) is 19.5 Å². The van der Waals surface area contributed by atoms with Crippen molar-refractivity contribution in [1.29, 1.82) is 0 Å². The Labute approximate surface area is 157 Å². The zero-order valence-corrected chi connectivity index (χ0v) is 14.9. The van der Waals surface area contributed by atoms with Crippen molar-refractivity contribution in [2.24, 2.45) is 0 Å². The fourth-order valence-electron chi connectivity index (χ4n) is 3.10. The molecule has 0 bridgehead atoms. The molecule has 0 aliphatic carbocycles. The number of nitro groups is 1. The standard InChI is InChI=1S/C19H16F3N3O3/c1-2-3-10-24-17-14(8-5-9-23-17)15(16(18(24)26)25(27)28)12-6-4-7-13(11-12)19(20,21)22/h4-9,11H,2-3,10H2,1H3. The van der Waals surface area contributed by atoms with Gasteiger partial charge in [0.25, 0.3) is 0 Å². The average Bonchev–Trinajstić information content (AvgIpc) is 2.65. The van der Waals surface area contributed by atoms with Crippen molar-refractivity contribution in [3.05, 3.63) is 68.6 Å². The fourth-order valence-corrected chi connectivity index (χ4v) is 3.10. The van der Waals surface area contributed by atoms with Crippen LogP contribution in [0.4, 0.5) is 18.9 Å². The van der Waals surface area contributed by atoms with E-state index < -0.39 is 27.9 Å². The molecule has 0 fully saturated rings. The van der Waals surface area contributed by atoms with Gasteiger partial charge in [-0.15, -0.1) is 0 Å². The Kier molecular flexibility index (Phi) is 5.17. The summed E-state index contributed by atoms with van der Waals surface area (Å²) in [6.45, 7) is 2.14. The largest absolute Gasteiger partial charge is 0.416 e. The summed E-state index contributed by atoms with van der Waals surface area (Å²) in [6, 6.07) is 7.21. The maximum absolute atomic E-state index is 13.1. The lowest BCUT2D eigenvalue weighted by Crippen LogP contribution is -2.25. The quantitative estimate of drug-likeness (QED) is 0.463. The van der Waals surface area contributed by atoms with Gasteiger partial charge in [0, 0.05) is 18.1 Å². The van der Waals surface area contributed by atoms with Gasteiger partial charge in [0.1, 0.15) is 5.65 Å². The molecule has 0 atom stereocenters. The summed E-state index contributed by atoms with van der Waals surface area (Å²) in [5.74, 6) is 0. The Morgan fingerprint density at radius 1 is 1.21 bits per heavy atom. The number of rotatable bonds is 5. The molecule has 0 saturated heterocycles. The molecule has 0 saturated carbocycles. The molecule has 1 aromatic carbocycles. The van der Waals surface area contributed by atoms with E-state index in [4.69, 9.17) is 0 Å². The van der Waals surface area contributed by atoms with Gasteiger partial charge >= 0.3 is 17.4 Å². The molecule has 0 spiro atoms. The van der Waals surface area contributed by atoms with Crippen molar-refractivity contribution in [2.45, 2.75) is 32.5 Å². The Morgan fingerprint density at radius 2 is 1.96 bits per heavy atom. The monoisotopic (exact) mass is 391 g/mol. The summed E-state index contributed by atoms with van der Waals surface area (Å²) < 4.78 is 40.6. The van der Waals surface area contributed by atoms with Crippen LogP contribution in [0.2, 0.25) is 0 Å². The summed E-state index contributed by atoms with van der Waals surface area (Å²) in [7, 11) is 0. The number of hydrogen-bond donors (Lipinski definition) is 0. The minimum Gasteiger partial charge on any atom is -0.287 e. The number of unbranched alkanes of at least 4 members (excludes halogenated alkanes) is 1. The Morgan fingerprint density at radius 3 is 2.61 bits per heavy atom. The second-order valence-corrected chi connectivity index (χ2v) is 6.24. The SMILES string of the molecule is CCCCn1c(=O)c([N+](=O)[O-])c(-c2cccc(C(F)(F)F)c2)c2cccnc21. The van der Waals surface area contributed by atoms with E-state index in [1.54, 1.807) is 0 Å². The first kappa shape index (κ1) is 19.5. The van der Waals surface area contributed by atoms with Gasteiger partial charge in [-0.1, -0.05) is 25.5 Å². The number of hydrogen-bond acceptors (Lipinski definition) is 4. The highest BCUT2D eigenvalue weighted by molar-refractivity contribution is 5.97. The molecule has 146 valence electrons. The van der Waals surface area contributed by atoms with E-state index in [1.165, 1.54) is 29.0 Å². The molecular weight excluding hydrogens is 375 g/mol. The van der Waals surface area contributed by atoms with Crippen LogP contribution in [0.1, 0.15) is 25.3 Å². The zero-order valence-electron chi connectivity index (χ0n) is 14.9. The van der Waals surface area contributed by atoms with E-state index in [9.17, 15) is 28.1 Å². The maximum Gasteiger partial charge on any atom is 0.416 e. The molecular formula is C19H16F3N3O3. The van der Waals surface area contributed by atoms with E-state index in [2.05, 4.69) is 4.98 Å². The molecule has 3 aromatic rings. The number of pyridine rings is 2. The lowest BCUT2D eigenvalue weighted by molar-refractivity contribution is -0.385. The highest BCUT2D eigenvalue weighted by Crippen LogP contribution is 2.37. The molecule has 0 radical (unpaired) electrons. The number of alkyl halides is 3. The molecule has 2 aromatic heterocycles. The van der Waals surface area contributed by atoms with Crippen LogP contribution in [0.3, 0.4) is 0 Å². The first-order valence-electron chi connectivity index (χ1n) is 8.59. The maximum atomic E-state index is 13.1. The number of benzene rings is 1. The molecule has 0 unspecified atom stereocenters. The number of nitrogens with zero attached hydrogens (tertiary/aromatic N) is 3. The van der Waals surface area contributed by atoms with Crippen LogP contribution in [0, 0.1) is 10.1 Å². The minimum absolute atomic E-state index is 0.0562. The van der Waals surface area contributed by atoms with Crippen molar-refractivity contribution in [1.82, 2.24) is 9.55 Å². The average molecular weight is 391 g/mol. The van der Waals surface area contributed by atoms with Crippen LogP contribution in [-0.4, -0.2) is 14.5 Å². The summed E-state index contributed by atoms with van der Waals surface area (Å²) in [5.41, 5.74) is -2.59. The molecule has 0 aliphatic heterocycles. The van der Waals surface area contributed by atoms with Crippen LogP contribution in [-0.2, 0) is 12.7 Å². The van der Waals surface area contributed by atoms with Crippen molar-refractivity contribution < 1.29 is 18.1 Å². The highest BCUT2D eigenvalue weighted by Gasteiger charge is 2.32. The summed E-state index contributed by atoms with van der Waals surface area (Å²) in [4.78, 5) is 27.9. The molecule has 0 N–H and O–H groups in total. The van der Waals surface area contributed by atoms with Crippen molar-refractivity contribution in [2.75, 3.05) is 0 Å². The molecule has 0 amide bonds. The van der Waals surface area contributed by atoms with Crippen LogP contribution in [0.25, 0.3) is 22.2 Å². The normalized spacial score (nSPS) is 11.7. The first-order chi connectivity index (χ1) is 13.3. The summed E-state index contributed by atoms with van der Waals surface area (Å²) in [5, 5.41) is 12.0. The minimum atomic E-state index is -4.62. The third-order valence-corrected chi connectivity index (χ3v) is 4.39. The summed E-state index contributed by atoms with van der Waals surface area (Å²) >= 11 is 0. The van der Waals surface area contributed by atoms with Gasteiger partial charge in [-0.05, 0) is 36.2 Å². The van der Waals surface area contributed by atoms with E-state index >= 15 is 0 Å². The number of aromatic nitrogens is 2. The number of aryl methyl sites for hydroxylation is 1. The fraction of sp³-hybridized carbons (Fsp3) is 0.263. The van der Waals surface area contributed by atoms with Gasteiger partial charge in [-0.25, -0.2) is 4.98 Å². The molecule has 6 nitrogen and oxygen atoms in total. The van der Waals surface area contributed by atoms with Gasteiger partial charge in [0.05, 0.1) is 16.1 Å². The lowest BCUT2D eigenvalue weighted by Gasteiger charge is -2.14. The third-order valence-electron chi connectivity index (χ3n) is 4.39. The van der Waals surface area contributed by atoms with E-state index in [1.807, 2.05) is 6.92 Å². The topological polar surface area (TPSA) is 78.0 Å². The smallest absolute Gasteiger partial charge is 0.287 e. The third kappa shape index (κ3) is 3.47. The molecule has 3 rings (SSSR count). The summed E-state index contributed by atoms with van der Waals surface area (Å²) in [6.07, 6.45) is -1.82. The number of halogens is 3. The van der Waals surface area contributed by atoms with Gasteiger partial charge < -0.3 is 0 Å². The zero-order chi connectivity index (χ0) is 20.5. The Bertz CT molecular complexity index is 1110. The molecule has 2 heterocycles. The predicted molar refractivity (Wildman–Crippen MR) is 98.0 cm³/mol. The molecule has 0 aliphatic rings. The second kappa shape index (κ2) is 7.41. The van der Waals surface area contributed by atoms with Crippen molar-refractivity contribution >= 4 is 16.7 Å². The second-order valence-electron chi connectivity index (χ2n) is 6.24. The van der Waals surface area contributed by atoms with Crippen LogP contribution in [0.5, 0.6) is 0 Å². The lowest BCUT2D eigenvalue weighted by atomic mass is 9.98. The predicted octanol–water partition coefficient (Wildman–Crippen LogP) is 4.79. The van der Waals surface area contributed by atoms with E-state index in [0.29, 0.717) is 6.42 Å². The van der Waals surface area contributed by atoms with Gasteiger partial charge in [0.15, 0.2) is 0 Å². The van der Waals surface area contributed by atoms with Crippen LogP contribution < -0.4 is 5.56 Å². The molecule has 28 heavy (non-hydrogen) atoms. The van der Waals surface area contributed by atoms with Crippen LogP contribution >= 0.6 is 0 Å². The van der Waals surface area contributed by atoms with Crippen molar-refractivity contribution in [3.8, 4) is 11.1 Å². The number of fused-ring (bicyclic) bond motifs is 1. The van der Waals surface area contributed by atoms with Gasteiger partial charge in [-0.2, -0.15) is 13.2 Å². The van der Waals surface area contributed by atoms with E-state index in [0.717, 1.165) is 24.6 Å². The van der Waals surface area contributed by atoms with Gasteiger partial charge in [0.2, 0.25) is 0 Å². The highest BCUT2D eigenvalue weighted by atomic mass is 19.4. The molecule has 9 heteroatoms. The van der Waals surface area contributed by atoms with E-state index in [-0.39, 0.29) is 28.7 Å². The Balaban J connectivity index is 2.42.